The number of nitrogens with zero attached hydrogens (tertiary/aromatic N) is 2. The van der Waals surface area contributed by atoms with Crippen molar-refractivity contribution in [1.29, 1.82) is 0 Å². The van der Waals surface area contributed by atoms with Crippen LogP contribution in [0.1, 0.15) is 25.5 Å². The molecule has 0 saturated carbocycles. The molecule has 20 heavy (non-hydrogen) atoms. The van der Waals surface area contributed by atoms with Crippen LogP contribution in [0.5, 0.6) is 0 Å². The van der Waals surface area contributed by atoms with E-state index >= 15 is 0 Å². The highest BCUT2D eigenvalue weighted by atomic mass is 16.3. The van der Waals surface area contributed by atoms with Crippen molar-refractivity contribution in [1.82, 2.24) is 9.88 Å². The Morgan fingerprint density at radius 3 is 2.70 bits per heavy atom. The van der Waals surface area contributed by atoms with Gasteiger partial charge in [0, 0.05) is 18.7 Å². The molecule has 2 rings (SSSR count). The quantitative estimate of drug-likeness (QED) is 0.804. The minimum atomic E-state index is 0.174. The van der Waals surface area contributed by atoms with Gasteiger partial charge in [-0.15, -0.1) is 0 Å². The van der Waals surface area contributed by atoms with Crippen LogP contribution in [0.2, 0.25) is 0 Å². The van der Waals surface area contributed by atoms with Crippen molar-refractivity contribution >= 4 is 0 Å². The molecule has 1 N–H and O–H groups in total. The fourth-order valence-electron chi connectivity index (χ4n) is 2.12. The molecule has 2 aromatic rings. The normalized spacial score (nSPS) is 11.2. The van der Waals surface area contributed by atoms with E-state index in [1.807, 2.05) is 30.3 Å². The lowest BCUT2D eigenvalue weighted by Crippen LogP contribution is -2.27. The minimum absolute atomic E-state index is 0.174. The summed E-state index contributed by atoms with van der Waals surface area (Å²) in [6, 6.07) is 9.88. The maximum Gasteiger partial charge on any atom is 0.226 e. The monoisotopic (exact) mass is 274 g/mol. The highest BCUT2D eigenvalue weighted by Gasteiger charge is 2.10. The number of unbranched alkanes of at least 4 members (excludes halogenated alkanes) is 1. The van der Waals surface area contributed by atoms with E-state index in [-0.39, 0.29) is 6.61 Å². The molecular formula is C16H22N2O2. The molecule has 0 aliphatic heterocycles. The second-order valence-electron chi connectivity index (χ2n) is 4.86. The third kappa shape index (κ3) is 4.18. The molecule has 0 bridgehead atoms. The number of oxazole rings is 1. The summed E-state index contributed by atoms with van der Waals surface area (Å²) in [4.78, 5) is 6.73. The maximum atomic E-state index is 9.11. The fraction of sp³-hybridized carbons (Fsp3) is 0.438. The van der Waals surface area contributed by atoms with Gasteiger partial charge in [0.05, 0.1) is 12.3 Å². The van der Waals surface area contributed by atoms with Crippen LogP contribution in [-0.4, -0.2) is 34.7 Å². The highest BCUT2D eigenvalue weighted by Crippen LogP contribution is 2.18. The average molecular weight is 274 g/mol. The van der Waals surface area contributed by atoms with Gasteiger partial charge in [0.2, 0.25) is 5.89 Å². The van der Waals surface area contributed by atoms with Crippen LogP contribution in [0.4, 0.5) is 0 Å². The van der Waals surface area contributed by atoms with Gasteiger partial charge in [0.25, 0.3) is 0 Å². The summed E-state index contributed by atoms with van der Waals surface area (Å²) < 4.78 is 5.53. The van der Waals surface area contributed by atoms with Gasteiger partial charge in [-0.2, -0.15) is 0 Å². The van der Waals surface area contributed by atoms with Crippen molar-refractivity contribution in [3.8, 4) is 11.5 Å². The summed E-state index contributed by atoms with van der Waals surface area (Å²) in [5.74, 6) is 0.653. The zero-order chi connectivity index (χ0) is 14.2. The second-order valence-corrected chi connectivity index (χ2v) is 4.86. The summed E-state index contributed by atoms with van der Waals surface area (Å²) >= 11 is 0. The summed E-state index contributed by atoms with van der Waals surface area (Å²) in [5.41, 5.74) is 1.90. The van der Waals surface area contributed by atoms with Crippen LogP contribution >= 0.6 is 0 Å². The fourth-order valence-corrected chi connectivity index (χ4v) is 2.12. The van der Waals surface area contributed by atoms with Crippen molar-refractivity contribution in [3.63, 3.8) is 0 Å². The summed E-state index contributed by atoms with van der Waals surface area (Å²) in [5, 5.41) is 9.11. The topological polar surface area (TPSA) is 49.5 Å². The van der Waals surface area contributed by atoms with E-state index < -0.39 is 0 Å². The van der Waals surface area contributed by atoms with Crippen molar-refractivity contribution in [2.75, 3.05) is 19.7 Å². The molecule has 1 heterocycles. The van der Waals surface area contributed by atoms with Crippen molar-refractivity contribution < 1.29 is 9.52 Å². The summed E-state index contributed by atoms with van der Waals surface area (Å²) in [6.07, 6.45) is 3.98. The molecule has 0 fully saturated rings. The molecule has 0 aliphatic carbocycles. The number of benzene rings is 1. The summed E-state index contributed by atoms with van der Waals surface area (Å²) in [7, 11) is 0. The van der Waals surface area contributed by atoms with E-state index in [0.717, 1.165) is 37.2 Å². The molecule has 0 atom stereocenters. The first-order valence-corrected chi connectivity index (χ1v) is 7.16. The average Bonchev–Trinajstić information content (AvgIpc) is 2.94. The van der Waals surface area contributed by atoms with Crippen molar-refractivity contribution in [2.24, 2.45) is 0 Å². The van der Waals surface area contributed by atoms with E-state index in [0.29, 0.717) is 12.4 Å². The Balaban J connectivity index is 2.00. The molecule has 108 valence electrons. The van der Waals surface area contributed by atoms with Crippen molar-refractivity contribution in [3.05, 3.63) is 42.3 Å². The number of hydrogen-bond donors (Lipinski definition) is 1. The van der Waals surface area contributed by atoms with Crippen LogP contribution in [0.15, 0.2) is 41.0 Å². The molecule has 0 aliphatic rings. The molecule has 0 saturated heterocycles. The molecule has 1 aromatic heterocycles. The number of aliphatic hydroxyl groups excluding tert-OH is 1. The zero-order valence-corrected chi connectivity index (χ0v) is 12.0. The van der Waals surface area contributed by atoms with E-state index in [1.165, 1.54) is 0 Å². The first kappa shape index (κ1) is 14.8. The van der Waals surface area contributed by atoms with E-state index in [2.05, 4.69) is 16.8 Å². The van der Waals surface area contributed by atoms with E-state index in [4.69, 9.17) is 9.52 Å². The number of aromatic nitrogens is 1. The molecule has 1 aromatic carbocycles. The Kier molecular flexibility index (Phi) is 5.77. The lowest BCUT2D eigenvalue weighted by Gasteiger charge is -2.19. The van der Waals surface area contributed by atoms with Crippen LogP contribution in [0.3, 0.4) is 0 Å². The van der Waals surface area contributed by atoms with Gasteiger partial charge in [-0.1, -0.05) is 31.5 Å². The molecule has 0 spiro atoms. The molecule has 0 radical (unpaired) electrons. The first-order chi connectivity index (χ1) is 9.83. The number of aliphatic hydroxyl groups is 1. The Morgan fingerprint density at radius 2 is 2.00 bits per heavy atom. The Labute approximate surface area is 120 Å². The highest BCUT2D eigenvalue weighted by molar-refractivity contribution is 5.52. The predicted molar refractivity (Wildman–Crippen MR) is 79.2 cm³/mol. The SMILES string of the molecule is CCCCN(CCO)Cc1coc(-c2ccccc2)n1. The number of hydrogen-bond acceptors (Lipinski definition) is 4. The largest absolute Gasteiger partial charge is 0.444 e. The minimum Gasteiger partial charge on any atom is -0.444 e. The molecule has 4 nitrogen and oxygen atoms in total. The van der Waals surface area contributed by atoms with Crippen LogP contribution in [0.25, 0.3) is 11.5 Å². The molecular weight excluding hydrogens is 252 g/mol. The van der Waals surface area contributed by atoms with Gasteiger partial charge in [-0.05, 0) is 25.1 Å². The Bertz CT molecular complexity index is 496. The third-order valence-electron chi connectivity index (χ3n) is 3.20. The maximum absolute atomic E-state index is 9.11. The van der Waals surface area contributed by atoms with Gasteiger partial charge in [0.15, 0.2) is 0 Å². The molecule has 0 unspecified atom stereocenters. The summed E-state index contributed by atoms with van der Waals surface area (Å²) in [6.45, 7) is 4.71. The van der Waals surface area contributed by atoms with Gasteiger partial charge in [-0.25, -0.2) is 4.98 Å². The van der Waals surface area contributed by atoms with Crippen molar-refractivity contribution in [2.45, 2.75) is 26.3 Å². The van der Waals surface area contributed by atoms with Gasteiger partial charge < -0.3 is 9.52 Å². The van der Waals surface area contributed by atoms with Crippen LogP contribution in [-0.2, 0) is 6.54 Å². The van der Waals surface area contributed by atoms with E-state index in [9.17, 15) is 0 Å². The Morgan fingerprint density at radius 1 is 1.20 bits per heavy atom. The third-order valence-corrected chi connectivity index (χ3v) is 3.20. The smallest absolute Gasteiger partial charge is 0.226 e. The van der Waals surface area contributed by atoms with Crippen LogP contribution < -0.4 is 0 Å². The van der Waals surface area contributed by atoms with Crippen LogP contribution in [0, 0.1) is 0 Å². The molecule has 4 heteroatoms. The predicted octanol–water partition coefficient (Wildman–Crippen LogP) is 2.94. The molecule has 0 amide bonds. The second kappa shape index (κ2) is 7.82. The van der Waals surface area contributed by atoms with Gasteiger partial charge in [0.1, 0.15) is 6.26 Å². The zero-order valence-electron chi connectivity index (χ0n) is 12.0. The van der Waals surface area contributed by atoms with Gasteiger partial charge >= 0.3 is 0 Å². The Hall–Kier alpha value is -1.65. The first-order valence-electron chi connectivity index (χ1n) is 7.16. The lowest BCUT2D eigenvalue weighted by molar-refractivity contribution is 0.187. The van der Waals surface area contributed by atoms with Gasteiger partial charge in [-0.3, -0.25) is 4.90 Å². The van der Waals surface area contributed by atoms with E-state index in [1.54, 1.807) is 6.26 Å². The standard InChI is InChI=1S/C16H22N2O2/c1-2-3-9-18(10-11-19)12-15-13-20-16(17-15)14-7-5-4-6-8-14/h4-8,13,19H,2-3,9-12H2,1H3. The number of rotatable bonds is 8. The lowest BCUT2D eigenvalue weighted by atomic mass is 10.2.